The number of fused-ring (bicyclic) bond motifs is 1. The van der Waals surface area contributed by atoms with Crippen molar-refractivity contribution in [1.29, 1.82) is 0 Å². The maximum absolute atomic E-state index is 13.8. The molecule has 37 heavy (non-hydrogen) atoms. The largest absolute Gasteiger partial charge is 0.491 e. The summed E-state index contributed by atoms with van der Waals surface area (Å²) in [7, 11) is 0. The molecule has 0 aliphatic carbocycles. The van der Waals surface area contributed by atoms with E-state index in [1.54, 1.807) is 0 Å². The molecular formula is C32H44N2O3. The highest BCUT2D eigenvalue weighted by Gasteiger charge is 2.42. The van der Waals surface area contributed by atoms with Crippen molar-refractivity contribution in [1.82, 2.24) is 10.2 Å². The van der Waals surface area contributed by atoms with Gasteiger partial charge in [0, 0.05) is 19.5 Å². The predicted octanol–water partition coefficient (Wildman–Crippen LogP) is 5.95. The summed E-state index contributed by atoms with van der Waals surface area (Å²) in [6, 6.07) is 18.5. The van der Waals surface area contributed by atoms with Gasteiger partial charge in [-0.25, -0.2) is 0 Å². The van der Waals surface area contributed by atoms with Crippen LogP contribution in [0, 0.1) is 11.3 Å². The van der Waals surface area contributed by atoms with E-state index in [1.807, 2.05) is 29.2 Å². The Labute approximate surface area is 223 Å². The van der Waals surface area contributed by atoms with Crippen LogP contribution in [-0.4, -0.2) is 42.5 Å². The molecule has 0 radical (unpaired) electrons. The second-order valence-corrected chi connectivity index (χ2v) is 11.4. The van der Waals surface area contributed by atoms with Gasteiger partial charge in [0.05, 0.1) is 11.5 Å². The minimum absolute atomic E-state index is 0.0243. The fourth-order valence-electron chi connectivity index (χ4n) is 5.90. The lowest BCUT2D eigenvalue weighted by Gasteiger charge is -2.41. The van der Waals surface area contributed by atoms with Crippen LogP contribution in [0.15, 0.2) is 54.6 Å². The number of para-hydroxylation sites is 1. The molecule has 2 aliphatic heterocycles. The highest BCUT2D eigenvalue weighted by molar-refractivity contribution is 5.84. The number of piperidine rings is 1. The Kier molecular flexibility index (Phi) is 9.65. The molecule has 0 aromatic heterocycles. The SMILES string of the molecule is CC(C)C[C@H]1COc2ccccc2CCCCCC2(CCN(C(=O)CCc3ccccc3)CC2)C(=O)N1. The summed E-state index contributed by atoms with van der Waals surface area (Å²) >= 11 is 0. The number of rotatable bonds is 5. The number of amides is 2. The first-order valence-corrected chi connectivity index (χ1v) is 14.3. The van der Waals surface area contributed by atoms with E-state index >= 15 is 0 Å². The molecule has 0 unspecified atom stereocenters. The molecule has 2 heterocycles. The standard InChI is InChI=1S/C32H44N2O3/c1-25(2)23-28-24-37-29-15-9-8-14-27(29)13-7-4-10-18-32(31(36)33-28)19-21-34(22-20-32)30(35)17-16-26-11-5-3-6-12-26/h3,5-6,8-9,11-12,14-15,25,28H,4,7,10,13,16-24H2,1-2H3,(H,33,36)/t28-/m0/s1. The summed E-state index contributed by atoms with van der Waals surface area (Å²) in [5, 5.41) is 3.40. The third kappa shape index (κ3) is 7.59. The number of nitrogens with zero attached hydrogens (tertiary/aromatic N) is 1. The van der Waals surface area contributed by atoms with Crippen molar-refractivity contribution >= 4 is 11.8 Å². The monoisotopic (exact) mass is 504 g/mol. The average molecular weight is 505 g/mol. The van der Waals surface area contributed by atoms with Gasteiger partial charge in [-0.1, -0.05) is 75.2 Å². The minimum Gasteiger partial charge on any atom is -0.491 e. The molecular weight excluding hydrogens is 460 g/mol. The topological polar surface area (TPSA) is 58.6 Å². The minimum atomic E-state index is -0.396. The highest BCUT2D eigenvalue weighted by atomic mass is 16.5. The number of ether oxygens (including phenoxy) is 1. The molecule has 1 atom stereocenters. The van der Waals surface area contributed by atoms with Gasteiger partial charge in [0.25, 0.3) is 0 Å². The van der Waals surface area contributed by atoms with Crippen LogP contribution in [0.25, 0.3) is 0 Å². The first kappa shape index (κ1) is 27.2. The third-order valence-corrected chi connectivity index (χ3v) is 8.13. The quantitative estimate of drug-likeness (QED) is 0.547. The molecule has 2 aromatic carbocycles. The number of carbonyl (C=O) groups excluding carboxylic acids is 2. The van der Waals surface area contributed by atoms with E-state index in [1.165, 1.54) is 11.1 Å². The van der Waals surface area contributed by atoms with E-state index in [2.05, 4.69) is 49.5 Å². The van der Waals surface area contributed by atoms with Gasteiger partial charge in [-0.2, -0.15) is 0 Å². The molecule has 1 spiro atoms. The van der Waals surface area contributed by atoms with E-state index in [0.717, 1.165) is 63.5 Å². The van der Waals surface area contributed by atoms with Crippen LogP contribution < -0.4 is 10.1 Å². The van der Waals surface area contributed by atoms with E-state index in [0.29, 0.717) is 32.0 Å². The lowest BCUT2D eigenvalue weighted by molar-refractivity contribution is -0.141. The van der Waals surface area contributed by atoms with Gasteiger partial charge in [0.1, 0.15) is 12.4 Å². The smallest absolute Gasteiger partial charge is 0.226 e. The Morgan fingerprint density at radius 3 is 2.49 bits per heavy atom. The second-order valence-electron chi connectivity index (χ2n) is 11.4. The number of nitrogens with one attached hydrogen (secondary N) is 1. The summed E-state index contributed by atoms with van der Waals surface area (Å²) in [6.07, 6.45) is 8.78. The molecule has 2 aliphatic rings. The molecule has 1 N–H and O–H groups in total. The van der Waals surface area contributed by atoms with Crippen molar-refractivity contribution < 1.29 is 14.3 Å². The summed E-state index contributed by atoms with van der Waals surface area (Å²) < 4.78 is 6.28. The van der Waals surface area contributed by atoms with Crippen molar-refractivity contribution in [3.63, 3.8) is 0 Å². The molecule has 2 aromatic rings. The normalized spacial score (nSPS) is 20.7. The number of aryl methyl sites for hydroxylation is 2. The van der Waals surface area contributed by atoms with E-state index < -0.39 is 5.41 Å². The van der Waals surface area contributed by atoms with Crippen LogP contribution in [0.1, 0.15) is 76.3 Å². The van der Waals surface area contributed by atoms with Crippen molar-refractivity contribution in [2.45, 2.75) is 84.1 Å². The Bertz CT molecular complexity index is 1010. The maximum Gasteiger partial charge on any atom is 0.226 e. The molecule has 1 fully saturated rings. The van der Waals surface area contributed by atoms with Crippen LogP contribution >= 0.6 is 0 Å². The van der Waals surface area contributed by atoms with Gasteiger partial charge in [-0.15, -0.1) is 0 Å². The number of hydrogen-bond donors (Lipinski definition) is 1. The van der Waals surface area contributed by atoms with Gasteiger partial charge in [0.2, 0.25) is 11.8 Å². The van der Waals surface area contributed by atoms with E-state index in [4.69, 9.17) is 4.74 Å². The predicted molar refractivity (Wildman–Crippen MR) is 149 cm³/mol. The number of hydrogen-bond acceptors (Lipinski definition) is 3. The Morgan fingerprint density at radius 2 is 1.73 bits per heavy atom. The number of benzene rings is 2. The van der Waals surface area contributed by atoms with Crippen LogP contribution in [0.4, 0.5) is 0 Å². The van der Waals surface area contributed by atoms with Crippen LogP contribution in [-0.2, 0) is 22.4 Å². The fourth-order valence-corrected chi connectivity index (χ4v) is 5.90. The van der Waals surface area contributed by atoms with Crippen molar-refractivity contribution in [2.24, 2.45) is 11.3 Å². The zero-order valence-corrected chi connectivity index (χ0v) is 22.7. The molecule has 200 valence electrons. The Morgan fingerprint density at radius 1 is 1.00 bits per heavy atom. The van der Waals surface area contributed by atoms with Crippen LogP contribution in [0.5, 0.6) is 5.75 Å². The summed E-state index contributed by atoms with van der Waals surface area (Å²) in [6.45, 7) is 6.20. The van der Waals surface area contributed by atoms with E-state index in [-0.39, 0.29) is 17.9 Å². The first-order valence-electron chi connectivity index (χ1n) is 14.3. The zero-order chi connectivity index (χ0) is 26.1. The van der Waals surface area contributed by atoms with Gasteiger partial charge in [-0.3, -0.25) is 9.59 Å². The lowest BCUT2D eigenvalue weighted by Crippen LogP contribution is -2.53. The molecule has 1 saturated heterocycles. The fraction of sp³-hybridized carbons (Fsp3) is 0.562. The zero-order valence-electron chi connectivity index (χ0n) is 22.7. The molecule has 0 bridgehead atoms. The van der Waals surface area contributed by atoms with Crippen molar-refractivity contribution in [3.05, 3.63) is 65.7 Å². The van der Waals surface area contributed by atoms with Crippen LogP contribution in [0.3, 0.4) is 0 Å². The van der Waals surface area contributed by atoms with Gasteiger partial charge in [-0.05, 0) is 68.1 Å². The van der Waals surface area contributed by atoms with Crippen molar-refractivity contribution in [2.75, 3.05) is 19.7 Å². The highest BCUT2D eigenvalue weighted by Crippen LogP contribution is 2.38. The summed E-state index contributed by atoms with van der Waals surface area (Å²) in [5.41, 5.74) is 2.06. The Hall–Kier alpha value is -2.82. The van der Waals surface area contributed by atoms with Gasteiger partial charge < -0.3 is 15.0 Å². The molecule has 5 heteroatoms. The Balaban J connectivity index is 1.41. The van der Waals surface area contributed by atoms with Gasteiger partial charge in [0.15, 0.2) is 0 Å². The number of likely N-dealkylation sites (tertiary alicyclic amines) is 1. The van der Waals surface area contributed by atoms with Crippen LogP contribution in [0.2, 0.25) is 0 Å². The maximum atomic E-state index is 13.8. The summed E-state index contributed by atoms with van der Waals surface area (Å²) in [4.78, 5) is 28.8. The molecule has 4 rings (SSSR count). The molecule has 0 saturated carbocycles. The molecule has 5 nitrogen and oxygen atoms in total. The first-order chi connectivity index (χ1) is 17.9. The molecule has 2 amide bonds. The average Bonchev–Trinajstić information content (AvgIpc) is 2.91. The van der Waals surface area contributed by atoms with E-state index in [9.17, 15) is 9.59 Å². The van der Waals surface area contributed by atoms with Crippen molar-refractivity contribution in [3.8, 4) is 5.75 Å². The third-order valence-electron chi connectivity index (χ3n) is 8.13. The van der Waals surface area contributed by atoms with Gasteiger partial charge >= 0.3 is 0 Å². The summed E-state index contributed by atoms with van der Waals surface area (Å²) in [5.74, 6) is 1.76. The second kappa shape index (κ2) is 13.1. The number of carbonyl (C=O) groups is 2. The lowest BCUT2D eigenvalue weighted by atomic mass is 9.73.